The molecule has 0 bridgehead atoms. The summed E-state index contributed by atoms with van der Waals surface area (Å²) in [6.45, 7) is 5.95. The fourth-order valence-electron chi connectivity index (χ4n) is 4.42. The van der Waals surface area contributed by atoms with E-state index < -0.39 is 26.5 Å². The molecule has 0 radical (unpaired) electrons. The van der Waals surface area contributed by atoms with Crippen LogP contribution in [0.2, 0.25) is 0 Å². The Hall–Kier alpha value is -1.74. The molecule has 0 spiro atoms. The Balaban J connectivity index is 1.82. The van der Waals surface area contributed by atoms with E-state index >= 15 is 0 Å². The second kappa shape index (κ2) is 17.8. The Labute approximate surface area is 237 Å². The molecule has 0 amide bonds. The zero-order valence-electron chi connectivity index (χ0n) is 24.1. The third kappa shape index (κ3) is 13.4. The Morgan fingerprint density at radius 1 is 0.513 bits per heavy atom. The molecule has 0 atom stereocenters. The lowest BCUT2D eigenvalue weighted by Crippen LogP contribution is -2.25. The van der Waals surface area contributed by atoms with Crippen molar-refractivity contribution >= 4 is 20.2 Å². The van der Waals surface area contributed by atoms with Gasteiger partial charge >= 0.3 is 0 Å². The molecule has 0 N–H and O–H groups in total. The van der Waals surface area contributed by atoms with Gasteiger partial charge < -0.3 is 0 Å². The van der Waals surface area contributed by atoms with Crippen LogP contribution >= 0.6 is 0 Å². The third-order valence-electron chi connectivity index (χ3n) is 6.88. The molecule has 0 saturated heterocycles. The Bertz CT molecular complexity index is 1060. The fraction of sp³-hybridized carbons (Fsp3) is 0.613. The first kappa shape index (κ1) is 33.5. The van der Waals surface area contributed by atoms with Crippen molar-refractivity contribution in [3.8, 4) is 0 Å². The van der Waals surface area contributed by atoms with Gasteiger partial charge in [-0.15, -0.1) is 0 Å². The highest BCUT2D eigenvalue weighted by Crippen LogP contribution is 2.23. The molecule has 220 valence electrons. The molecule has 2 rings (SSSR count). The third-order valence-corrected chi connectivity index (χ3v) is 9.52. The van der Waals surface area contributed by atoms with Crippen molar-refractivity contribution in [2.24, 2.45) is 0 Å². The van der Waals surface area contributed by atoms with Crippen LogP contribution in [0, 0.1) is 13.8 Å². The van der Waals surface area contributed by atoms with E-state index in [4.69, 9.17) is 8.37 Å². The summed E-state index contributed by atoms with van der Waals surface area (Å²) in [6, 6.07) is 12.5. The first-order chi connectivity index (χ1) is 18.6. The molecule has 6 nitrogen and oxygen atoms in total. The van der Waals surface area contributed by atoms with Crippen LogP contribution in [-0.2, 0) is 28.6 Å². The van der Waals surface area contributed by atoms with E-state index in [-0.39, 0.29) is 16.2 Å². The number of unbranched alkanes of at least 4 members (excludes halogenated alkanes) is 13. The normalized spacial score (nSPS) is 12.3. The lowest BCUT2D eigenvalue weighted by molar-refractivity contribution is 0.00873. The largest absolute Gasteiger partial charge is 0.299 e. The van der Waals surface area contributed by atoms with Gasteiger partial charge in [0.1, 0.15) is 0 Å². The van der Waals surface area contributed by atoms with Gasteiger partial charge in [0.2, 0.25) is 0 Å². The Morgan fingerprint density at radius 2 is 0.821 bits per heavy atom. The second-order valence-electron chi connectivity index (χ2n) is 10.5. The Morgan fingerprint density at radius 3 is 1.15 bits per heavy atom. The molecule has 39 heavy (non-hydrogen) atoms. The van der Waals surface area contributed by atoms with Crippen molar-refractivity contribution in [2.45, 2.75) is 133 Å². The number of hydrogen-bond acceptors (Lipinski definition) is 6. The molecule has 2 aromatic rings. The summed E-state index contributed by atoms with van der Waals surface area (Å²) in [5.74, 6) is 0. The van der Waals surface area contributed by atoms with Gasteiger partial charge in [-0.1, -0.05) is 126 Å². The maximum absolute atomic E-state index is 12.9. The van der Waals surface area contributed by atoms with Gasteiger partial charge in [-0.3, -0.25) is 0 Å². The van der Waals surface area contributed by atoms with E-state index in [0.717, 1.165) is 30.4 Å². The number of benzene rings is 2. The van der Waals surface area contributed by atoms with Gasteiger partial charge in [0, 0.05) is 6.42 Å². The highest BCUT2D eigenvalue weighted by atomic mass is 32.2. The van der Waals surface area contributed by atoms with Crippen LogP contribution in [0.1, 0.15) is 114 Å². The van der Waals surface area contributed by atoms with Gasteiger partial charge in [-0.2, -0.15) is 16.8 Å². The van der Waals surface area contributed by atoms with Crippen molar-refractivity contribution in [1.82, 2.24) is 0 Å². The van der Waals surface area contributed by atoms with Crippen LogP contribution in [0.15, 0.2) is 58.3 Å². The number of rotatable bonds is 21. The van der Waals surface area contributed by atoms with E-state index in [1.165, 1.54) is 88.5 Å². The zero-order chi connectivity index (χ0) is 28.6. The minimum atomic E-state index is -4.20. The monoisotopic (exact) mass is 580 g/mol. The van der Waals surface area contributed by atoms with Crippen molar-refractivity contribution in [2.75, 3.05) is 0 Å². The zero-order valence-corrected chi connectivity index (χ0v) is 25.7. The quantitative estimate of drug-likeness (QED) is 0.0834. The fourth-order valence-corrected chi connectivity index (χ4v) is 6.47. The summed E-state index contributed by atoms with van der Waals surface area (Å²) in [5, 5.41) is 0. The van der Waals surface area contributed by atoms with E-state index in [2.05, 4.69) is 6.92 Å². The summed E-state index contributed by atoms with van der Waals surface area (Å²) in [6.07, 6.45) is 15.4. The highest BCUT2D eigenvalue weighted by molar-refractivity contribution is 7.87. The lowest BCUT2D eigenvalue weighted by Gasteiger charge is -2.18. The maximum atomic E-state index is 12.9. The average Bonchev–Trinajstić information content (AvgIpc) is 2.89. The molecule has 0 aromatic heterocycles. The smallest absolute Gasteiger partial charge is 0.233 e. The van der Waals surface area contributed by atoms with E-state index in [0.29, 0.717) is 6.42 Å². The van der Waals surface area contributed by atoms with E-state index in [1.807, 2.05) is 13.8 Å². The highest BCUT2D eigenvalue weighted by Gasteiger charge is 2.28. The summed E-state index contributed by atoms with van der Waals surface area (Å²) in [4.78, 5) is -0.0641. The van der Waals surface area contributed by atoms with Gasteiger partial charge in [0.15, 0.2) is 6.29 Å². The minimum absolute atomic E-state index is 0.0320. The molecule has 0 saturated carbocycles. The number of hydrogen-bond donors (Lipinski definition) is 0. The molecule has 0 aliphatic carbocycles. The van der Waals surface area contributed by atoms with Crippen LogP contribution in [-0.4, -0.2) is 23.1 Å². The predicted octanol–water partition coefficient (Wildman–Crippen LogP) is 8.61. The van der Waals surface area contributed by atoms with Crippen molar-refractivity contribution in [1.29, 1.82) is 0 Å². The van der Waals surface area contributed by atoms with Crippen LogP contribution in [0.5, 0.6) is 0 Å². The van der Waals surface area contributed by atoms with Crippen molar-refractivity contribution < 1.29 is 25.2 Å². The number of aryl methyl sites for hydroxylation is 2. The molecule has 0 heterocycles. The summed E-state index contributed by atoms with van der Waals surface area (Å²) in [5.41, 5.74) is 1.82. The summed E-state index contributed by atoms with van der Waals surface area (Å²) < 4.78 is 62.1. The predicted molar refractivity (Wildman–Crippen MR) is 158 cm³/mol. The molecular formula is C31H48O6S2. The van der Waals surface area contributed by atoms with E-state index in [1.54, 1.807) is 24.3 Å². The maximum Gasteiger partial charge on any atom is 0.299 e. The minimum Gasteiger partial charge on any atom is -0.233 e. The molecule has 0 aliphatic heterocycles. The molecule has 2 aromatic carbocycles. The van der Waals surface area contributed by atoms with Crippen LogP contribution < -0.4 is 0 Å². The molecular weight excluding hydrogens is 532 g/mol. The van der Waals surface area contributed by atoms with Crippen molar-refractivity contribution in [3.63, 3.8) is 0 Å². The molecule has 0 fully saturated rings. The molecule has 0 aliphatic rings. The first-order valence-electron chi connectivity index (χ1n) is 14.6. The van der Waals surface area contributed by atoms with Gasteiger partial charge in [-0.25, -0.2) is 8.37 Å². The van der Waals surface area contributed by atoms with Crippen LogP contribution in [0.4, 0.5) is 0 Å². The van der Waals surface area contributed by atoms with Gasteiger partial charge in [0.25, 0.3) is 20.2 Å². The Kier molecular flexibility index (Phi) is 15.3. The molecule has 0 unspecified atom stereocenters. The SMILES string of the molecule is CCCCCCCCCCCCCCCCC(OS(=O)(=O)c1ccc(C)cc1)OS(=O)(=O)c1ccc(C)cc1. The topological polar surface area (TPSA) is 86.7 Å². The van der Waals surface area contributed by atoms with Crippen LogP contribution in [0.25, 0.3) is 0 Å². The van der Waals surface area contributed by atoms with Gasteiger partial charge in [0.05, 0.1) is 9.79 Å². The first-order valence-corrected chi connectivity index (χ1v) is 17.5. The summed E-state index contributed by atoms with van der Waals surface area (Å²) >= 11 is 0. The van der Waals surface area contributed by atoms with E-state index in [9.17, 15) is 16.8 Å². The van der Waals surface area contributed by atoms with Crippen molar-refractivity contribution in [3.05, 3.63) is 59.7 Å². The lowest BCUT2D eigenvalue weighted by atomic mass is 10.0. The van der Waals surface area contributed by atoms with Crippen LogP contribution in [0.3, 0.4) is 0 Å². The second-order valence-corrected chi connectivity index (χ2v) is 13.7. The average molecular weight is 581 g/mol. The molecule has 8 heteroatoms. The standard InChI is InChI=1S/C31H48O6S2/c1-4-5-6-7-8-9-10-11-12-13-14-15-16-17-18-31(36-38(32,33)29-23-19-27(2)20-24-29)37-39(34,35)30-25-21-28(3)22-26-30/h19-26,31H,4-18H2,1-3H3. The summed E-state index contributed by atoms with van der Waals surface area (Å²) in [7, 11) is -8.39. The van der Waals surface area contributed by atoms with Gasteiger partial charge in [-0.05, 0) is 44.5 Å².